The van der Waals surface area contributed by atoms with Crippen LogP contribution in [0.3, 0.4) is 0 Å². The highest BCUT2D eigenvalue weighted by Gasteiger charge is 1.70. The quantitative estimate of drug-likeness (QED) is 0.422. The molecule has 0 aliphatic heterocycles. The molecule has 0 heterocycles. The van der Waals surface area contributed by atoms with Crippen molar-refractivity contribution in [2.24, 2.45) is 0 Å². The van der Waals surface area contributed by atoms with Crippen molar-refractivity contribution < 1.29 is 19.8 Å². The van der Waals surface area contributed by atoms with Crippen LogP contribution in [-0.2, 0) is 9.59 Å². The van der Waals surface area contributed by atoms with E-state index in [1.165, 1.54) is 0 Å². The molecule has 0 aromatic rings. The normalized spacial score (nSPS) is 8.20. The summed E-state index contributed by atoms with van der Waals surface area (Å²) in [5.74, 6) is -3.09. The lowest BCUT2D eigenvalue weighted by atomic mass is 10.5. The number of carbonyl (C=O) groups excluding carboxylic acids is 2. The first-order valence-electron chi connectivity index (χ1n) is 2.73. The van der Waals surface area contributed by atoms with E-state index in [-0.39, 0.29) is 0 Å². The average Bonchev–Trinajstić information content (AvgIpc) is 1.89. The van der Waals surface area contributed by atoms with Crippen LogP contribution in [-0.4, -0.2) is 11.9 Å². The maximum atomic E-state index is 9.41. The molecule has 0 atom stereocenters. The van der Waals surface area contributed by atoms with Gasteiger partial charge in [-0.3, -0.25) is 0 Å². The Labute approximate surface area is 58.8 Å². The molecular weight excluding hydrogens is 136 g/mol. The first-order chi connectivity index (χ1) is 4.63. The third-order valence-electron chi connectivity index (χ3n) is 0.355. The molecule has 4 nitrogen and oxygen atoms in total. The molecule has 0 fully saturated rings. The van der Waals surface area contributed by atoms with Crippen LogP contribution >= 0.6 is 0 Å². The number of hydrogen-bond donors (Lipinski definition) is 0. The lowest BCUT2D eigenvalue weighted by molar-refractivity contribution is -0.301. The smallest absolute Gasteiger partial charge is 0.0643 e. The average molecular weight is 144 g/mol. The van der Waals surface area contributed by atoms with Crippen molar-refractivity contribution in [3.8, 4) is 0 Å². The van der Waals surface area contributed by atoms with Crippen molar-refractivity contribution >= 4 is 11.9 Å². The Morgan fingerprint density at radius 3 is 1.30 bits per heavy atom. The number of hydrogen-bond acceptors (Lipinski definition) is 4. The molecule has 0 saturated heterocycles. The Bertz CT molecular complexity index is 121. The van der Waals surface area contributed by atoms with E-state index in [9.17, 15) is 19.8 Å². The Hall–Kier alpha value is -1.32. The van der Waals surface area contributed by atoms with Crippen LogP contribution in [0.2, 0.25) is 0 Å². The van der Waals surface area contributed by atoms with Gasteiger partial charge in [0.05, 0.1) is 11.9 Å². The number of rotatable bonds is 2. The van der Waals surface area contributed by atoms with Gasteiger partial charge in [0.25, 0.3) is 0 Å². The van der Waals surface area contributed by atoms with E-state index in [0.29, 0.717) is 12.2 Å². The molecule has 0 bridgehead atoms. The van der Waals surface area contributed by atoms with Crippen LogP contribution in [0.5, 0.6) is 0 Å². The lowest BCUT2D eigenvalue weighted by Crippen LogP contribution is -2.23. The van der Waals surface area contributed by atoms with E-state index in [2.05, 4.69) is 0 Å². The molecule has 0 spiro atoms. The molecule has 0 amide bonds. The third kappa shape index (κ3) is 15.9. The Kier molecular flexibility index (Phi) is 8.81. The van der Waals surface area contributed by atoms with Gasteiger partial charge in [0.1, 0.15) is 0 Å². The molecule has 10 heavy (non-hydrogen) atoms. The Morgan fingerprint density at radius 1 is 1.00 bits per heavy atom. The first-order valence-corrected chi connectivity index (χ1v) is 2.73. The van der Waals surface area contributed by atoms with Gasteiger partial charge in [-0.2, -0.15) is 0 Å². The molecule has 0 aromatic carbocycles. The fourth-order valence-corrected chi connectivity index (χ4v) is 0.136. The molecule has 0 unspecified atom stereocenters. The van der Waals surface area contributed by atoms with Crippen molar-refractivity contribution in [2.75, 3.05) is 0 Å². The number of carbonyl (C=O) groups is 2. The zero-order valence-electron chi connectivity index (χ0n) is 5.79. The highest BCUT2D eigenvalue weighted by Crippen LogP contribution is 1.64. The zero-order chi connectivity index (χ0) is 8.57. The van der Waals surface area contributed by atoms with Gasteiger partial charge in [-0.1, -0.05) is 13.8 Å². The molecule has 0 aromatic heterocycles. The Balaban J connectivity index is 0. The van der Waals surface area contributed by atoms with E-state index >= 15 is 0 Å². The van der Waals surface area contributed by atoms with Crippen molar-refractivity contribution in [3.63, 3.8) is 0 Å². The summed E-state index contributed by atoms with van der Waals surface area (Å²) in [6.45, 7) is 4.00. The monoisotopic (exact) mass is 144 g/mol. The summed E-state index contributed by atoms with van der Waals surface area (Å²) in [4.78, 5) is 18.8. The minimum absolute atomic E-state index is 0.384. The fourth-order valence-electron chi connectivity index (χ4n) is 0.136. The second-order valence-electron chi connectivity index (χ2n) is 0.971. The Morgan fingerprint density at radius 2 is 1.20 bits per heavy atom. The van der Waals surface area contributed by atoms with E-state index in [0.717, 1.165) is 0 Å². The van der Waals surface area contributed by atoms with Crippen LogP contribution in [0.15, 0.2) is 12.2 Å². The third-order valence-corrected chi connectivity index (χ3v) is 0.355. The summed E-state index contributed by atoms with van der Waals surface area (Å²) < 4.78 is 0. The molecule has 0 aliphatic carbocycles. The van der Waals surface area contributed by atoms with Crippen molar-refractivity contribution in [3.05, 3.63) is 12.2 Å². The molecule has 0 radical (unpaired) electrons. The summed E-state index contributed by atoms with van der Waals surface area (Å²) in [6, 6.07) is 0. The maximum absolute atomic E-state index is 9.41. The predicted molar refractivity (Wildman–Crippen MR) is 30.5 cm³/mol. The summed E-state index contributed by atoms with van der Waals surface area (Å²) in [7, 11) is 0. The second kappa shape index (κ2) is 7.68. The predicted octanol–water partition coefficient (Wildman–Crippen LogP) is -1.93. The highest BCUT2D eigenvalue weighted by atomic mass is 16.4. The van der Waals surface area contributed by atoms with Crippen LogP contribution in [0.1, 0.15) is 13.8 Å². The second-order valence-corrected chi connectivity index (χ2v) is 0.971. The molecule has 0 N–H and O–H groups in total. The largest absolute Gasteiger partial charge is 0.545 e. The summed E-state index contributed by atoms with van der Waals surface area (Å²) in [5.41, 5.74) is 0. The van der Waals surface area contributed by atoms with E-state index < -0.39 is 11.9 Å². The lowest BCUT2D eigenvalue weighted by Gasteiger charge is -1.90. The number of aliphatic carboxylic acids is 2. The standard InChI is InChI=1S/C4H4O4.C2H6/c5-3(6)1-2-4(7)8;1-2/h1-2H,(H,5,6)(H,7,8);1-2H3/p-2/b2-1+;. The molecule has 4 heteroatoms. The van der Waals surface area contributed by atoms with Crippen molar-refractivity contribution in [1.29, 1.82) is 0 Å². The molecule has 0 saturated carbocycles. The summed E-state index contributed by atoms with van der Waals surface area (Å²) in [6.07, 6.45) is 0.769. The fraction of sp³-hybridized carbons (Fsp3) is 0.333. The molecular formula is C6H8O4-2. The van der Waals surface area contributed by atoms with Crippen LogP contribution in [0.4, 0.5) is 0 Å². The highest BCUT2D eigenvalue weighted by molar-refractivity contribution is 5.87. The molecule has 0 rings (SSSR count). The van der Waals surface area contributed by atoms with Crippen LogP contribution in [0.25, 0.3) is 0 Å². The van der Waals surface area contributed by atoms with Gasteiger partial charge in [-0.15, -0.1) is 0 Å². The maximum Gasteiger partial charge on any atom is 0.0643 e. The van der Waals surface area contributed by atoms with Gasteiger partial charge < -0.3 is 19.8 Å². The van der Waals surface area contributed by atoms with Gasteiger partial charge >= 0.3 is 0 Å². The van der Waals surface area contributed by atoms with Gasteiger partial charge in [-0.05, 0) is 12.2 Å². The van der Waals surface area contributed by atoms with Gasteiger partial charge in [0.2, 0.25) is 0 Å². The van der Waals surface area contributed by atoms with Gasteiger partial charge in [-0.25, -0.2) is 0 Å². The minimum Gasteiger partial charge on any atom is -0.545 e. The van der Waals surface area contributed by atoms with Crippen molar-refractivity contribution in [2.45, 2.75) is 13.8 Å². The van der Waals surface area contributed by atoms with Crippen LogP contribution in [0, 0.1) is 0 Å². The van der Waals surface area contributed by atoms with E-state index in [1.807, 2.05) is 13.8 Å². The van der Waals surface area contributed by atoms with Crippen molar-refractivity contribution in [1.82, 2.24) is 0 Å². The summed E-state index contributed by atoms with van der Waals surface area (Å²) >= 11 is 0. The van der Waals surface area contributed by atoms with Gasteiger partial charge in [0.15, 0.2) is 0 Å². The number of carboxylic acid groups (broad SMARTS) is 2. The first kappa shape index (κ1) is 11.5. The minimum atomic E-state index is -1.55. The molecule has 58 valence electrons. The van der Waals surface area contributed by atoms with E-state index in [1.54, 1.807) is 0 Å². The summed E-state index contributed by atoms with van der Waals surface area (Å²) in [5, 5.41) is 18.8. The van der Waals surface area contributed by atoms with Crippen LogP contribution < -0.4 is 10.2 Å². The zero-order valence-corrected chi connectivity index (χ0v) is 5.79. The SMILES string of the molecule is CC.O=C([O-])/C=C/C(=O)[O-]. The molecule has 0 aliphatic rings. The topological polar surface area (TPSA) is 80.3 Å². The van der Waals surface area contributed by atoms with Gasteiger partial charge in [0, 0.05) is 0 Å². The number of carboxylic acids is 2. The van der Waals surface area contributed by atoms with E-state index in [4.69, 9.17) is 0 Å².